The van der Waals surface area contributed by atoms with Gasteiger partial charge in [0, 0.05) is 24.5 Å². The molecule has 2 aliphatic rings. The Morgan fingerprint density at radius 2 is 2.00 bits per heavy atom. The summed E-state index contributed by atoms with van der Waals surface area (Å²) in [6, 6.07) is 9.43. The molecule has 1 aromatic rings. The van der Waals surface area contributed by atoms with Crippen LogP contribution in [-0.4, -0.2) is 41.4 Å². The summed E-state index contributed by atoms with van der Waals surface area (Å²) in [5, 5.41) is 12.7. The second kappa shape index (κ2) is 9.27. The molecule has 1 saturated heterocycles. The third-order valence-electron chi connectivity index (χ3n) is 5.51. The van der Waals surface area contributed by atoms with Crippen LogP contribution in [0.4, 0.5) is 0 Å². The van der Waals surface area contributed by atoms with Crippen LogP contribution in [0.25, 0.3) is 0 Å². The number of benzene rings is 1. The highest BCUT2D eigenvalue weighted by molar-refractivity contribution is 6.31. The molecule has 2 amide bonds. The number of ether oxygens (including phenoxy) is 1. The number of nitriles is 1. The quantitative estimate of drug-likeness (QED) is 0.717. The van der Waals surface area contributed by atoms with E-state index in [0.717, 1.165) is 24.8 Å². The molecule has 154 valence electrons. The molecule has 0 spiro atoms. The maximum atomic E-state index is 12.3. The minimum atomic E-state index is -0.864. The van der Waals surface area contributed by atoms with Gasteiger partial charge in [0.2, 0.25) is 5.91 Å². The van der Waals surface area contributed by atoms with E-state index in [9.17, 15) is 19.6 Å². The van der Waals surface area contributed by atoms with Crippen LogP contribution >= 0.6 is 11.6 Å². The first-order valence-electron chi connectivity index (χ1n) is 9.82. The van der Waals surface area contributed by atoms with Crippen LogP contribution in [0.1, 0.15) is 44.1 Å². The molecular weight excluding hydrogens is 394 g/mol. The van der Waals surface area contributed by atoms with E-state index in [4.69, 9.17) is 16.3 Å². The first-order chi connectivity index (χ1) is 13.9. The molecule has 1 aromatic carbocycles. The number of hydrogen-bond acceptors (Lipinski definition) is 5. The summed E-state index contributed by atoms with van der Waals surface area (Å²) in [5.74, 6) is -1.83. The molecule has 1 atom stereocenters. The fourth-order valence-electron chi connectivity index (χ4n) is 3.89. The van der Waals surface area contributed by atoms with Gasteiger partial charge in [0.05, 0.1) is 12.0 Å². The highest BCUT2D eigenvalue weighted by Gasteiger charge is 2.37. The van der Waals surface area contributed by atoms with Crippen LogP contribution < -0.4 is 5.32 Å². The van der Waals surface area contributed by atoms with Crippen molar-refractivity contribution in [3.8, 4) is 6.07 Å². The molecule has 7 nitrogen and oxygen atoms in total. The molecule has 1 aliphatic heterocycles. The number of amides is 2. The average Bonchev–Trinajstić information content (AvgIpc) is 3.09. The van der Waals surface area contributed by atoms with Crippen LogP contribution in [0.2, 0.25) is 5.02 Å². The van der Waals surface area contributed by atoms with Crippen LogP contribution in [-0.2, 0) is 25.7 Å². The fraction of sp³-hybridized carbons (Fsp3) is 0.524. The zero-order valence-electron chi connectivity index (χ0n) is 16.2. The van der Waals surface area contributed by atoms with E-state index in [2.05, 4.69) is 11.4 Å². The maximum Gasteiger partial charge on any atom is 0.311 e. The molecule has 1 heterocycles. The normalized spacial score (nSPS) is 20.8. The van der Waals surface area contributed by atoms with E-state index in [1.54, 1.807) is 11.0 Å². The van der Waals surface area contributed by atoms with E-state index >= 15 is 0 Å². The van der Waals surface area contributed by atoms with E-state index in [1.807, 2.05) is 18.2 Å². The number of esters is 1. The molecule has 29 heavy (non-hydrogen) atoms. The van der Waals surface area contributed by atoms with Crippen molar-refractivity contribution in [3.63, 3.8) is 0 Å². The van der Waals surface area contributed by atoms with Crippen molar-refractivity contribution in [1.29, 1.82) is 5.26 Å². The van der Waals surface area contributed by atoms with Gasteiger partial charge in [-0.25, -0.2) is 0 Å². The summed E-state index contributed by atoms with van der Waals surface area (Å²) in [4.78, 5) is 38.3. The van der Waals surface area contributed by atoms with Gasteiger partial charge in [-0.3, -0.25) is 14.4 Å². The lowest BCUT2D eigenvalue weighted by Gasteiger charge is -2.31. The number of likely N-dealkylation sites (tertiary alicyclic amines) is 1. The average molecular weight is 418 g/mol. The highest BCUT2D eigenvalue weighted by atomic mass is 35.5. The van der Waals surface area contributed by atoms with Crippen LogP contribution in [0.5, 0.6) is 0 Å². The second-order valence-corrected chi connectivity index (χ2v) is 8.08. The number of nitrogens with one attached hydrogen (secondary N) is 1. The lowest BCUT2D eigenvalue weighted by atomic mass is 9.83. The number of halogens is 1. The van der Waals surface area contributed by atoms with E-state index in [1.165, 1.54) is 0 Å². The molecule has 0 aromatic heterocycles. The van der Waals surface area contributed by atoms with Crippen molar-refractivity contribution in [1.82, 2.24) is 10.2 Å². The Balaban J connectivity index is 1.48. The summed E-state index contributed by atoms with van der Waals surface area (Å²) in [6.45, 7) is 0.109. The molecule has 0 bridgehead atoms. The summed E-state index contributed by atoms with van der Waals surface area (Å²) < 4.78 is 5.12. The second-order valence-electron chi connectivity index (χ2n) is 7.68. The van der Waals surface area contributed by atoms with Gasteiger partial charge in [0.25, 0.3) is 5.91 Å². The molecule has 0 unspecified atom stereocenters. The molecule has 8 heteroatoms. The van der Waals surface area contributed by atoms with Gasteiger partial charge < -0.3 is 15.0 Å². The third kappa shape index (κ3) is 5.27. The van der Waals surface area contributed by atoms with Gasteiger partial charge >= 0.3 is 5.97 Å². The van der Waals surface area contributed by atoms with Gasteiger partial charge in [-0.15, -0.1) is 0 Å². The Labute approximate surface area is 174 Å². The SMILES string of the molecule is N#CC1(NC(=O)COC(=O)[C@@H]2CC(=O)N(Cc3ccccc3Cl)C2)CCCCC1. The van der Waals surface area contributed by atoms with Crippen molar-refractivity contribution in [3.05, 3.63) is 34.9 Å². The molecular formula is C21H24ClN3O4. The lowest BCUT2D eigenvalue weighted by molar-refractivity contribution is -0.152. The molecule has 0 radical (unpaired) electrons. The molecule has 3 rings (SSSR count). The monoisotopic (exact) mass is 417 g/mol. The van der Waals surface area contributed by atoms with E-state index in [-0.39, 0.29) is 18.9 Å². The zero-order chi connectivity index (χ0) is 20.9. The minimum absolute atomic E-state index is 0.0486. The standard InChI is InChI=1S/C21H24ClN3O4/c22-17-7-3-2-6-15(17)11-25-12-16(10-19(25)27)20(28)29-13-18(26)24-21(14-23)8-4-1-5-9-21/h2-3,6-7,16H,1,4-5,8-13H2,(H,24,26)/t16-/m1/s1. The summed E-state index contributed by atoms with van der Waals surface area (Å²) in [6.07, 6.45) is 4.09. The van der Waals surface area contributed by atoms with Crippen molar-refractivity contribution < 1.29 is 19.1 Å². The van der Waals surface area contributed by atoms with E-state index < -0.39 is 29.9 Å². The number of nitrogens with zero attached hydrogens (tertiary/aromatic N) is 2. The third-order valence-corrected chi connectivity index (χ3v) is 5.88. The van der Waals surface area contributed by atoms with Crippen LogP contribution in [0.3, 0.4) is 0 Å². The molecule has 1 aliphatic carbocycles. The predicted molar refractivity (Wildman–Crippen MR) is 106 cm³/mol. The predicted octanol–water partition coefficient (Wildman–Crippen LogP) is 2.57. The van der Waals surface area contributed by atoms with Gasteiger partial charge in [-0.2, -0.15) is 5.26 Å². The van der Waals surface area contributed by atoms with E-state index in [0.29, 0.717) is 24.4 Å². The van der Waals surface area contributed by atoms with Gasteiger partial charge in [-0.1, -0.05) is 49.1 Å². The minimum Gasteiger partial charge on any atom is -0.455 e. The zero-order valence-corrected chi connectivity index (χ0v) is 16.9. The molecule has 1 N–H and O–H groups in total. The number of carbonyl (C=O) groups excluding carboxylic acids is 3. The van der Waals surface area contributed by atoms with Gasteiger partial charge in [0.15, 0.2) is 6.61 Å². The summed E-state index contributed by atoms with van der Waals surface area (Å²) in [7, 11) is 0. The lowest BCUT2D eigenvalue weighted by Crippen LogP contribution is -2.50. The number of carbonyl (C=O) groups is 3. The molecule has 2 fully saturated rings. The Hall–Kier alpha value is -2.59. The van der Waals surface area contributed by atoms with Crippen LogP contribution in [0.15, 0.2) is 24.3 Å². The van der Waals surface area contributed by atoms with Crippen molar-refractivity contribution in [2.45, 2.75) is 50.6 Å². The first-order valence-corrected chi connectivity index (χ1v) is 10.2. The van der Waals surface area contributed by atoms with Crippen molar-refractivity contribution in [2.75, 3.05) is 13.2 Å². The number of rotatable bonds is 6. The van der Waals surface area contributed by atoms with Crippen molar-refractivity contribution in [2.24, 2.45) is 5.92 Å². The van der Waals surface area contributed by atoms with Crippen molar-refractivity contribution >= 4 is 29.4 Å². The fourth-order valence-corrected chi connectivity index (χ4v) is 4.09. The Morgan fingerprint density at radius 1 is 1.28 bits per heavy atom. The summed E-state index contributed by atoms with van der Waals surface area (Å²) in [5.41, 5.74) is -0.0539. The number of hydrogen-bond donors (Lipinski definition) is 1. The maximum absolute atomic E-state index is 12.3. The Kier molecular flexibility index (Phi) is 6.75. The van der Waals surface area contributed by atoms with Crippen LogP contribution in [0, 0.1) is 17.2 Å². The first kappa shape index (κ1) is 21.1. The topological polar surface area (TPSA) is 99.5 Å². The van der Waals surface area contributed by atoms with Gasteiger partial charge in [0.1, 0.15) is 5.54 Å². The smallest absolute Gasteiger partial charge is 0.311 e. The van der Waals surface area contributed by atoms with Gasteiger partial charge in [-0.05, 0) is 24.5 Å². The highest BCUT2D eigenvalue weighted by Crippen LogP contribution is 2.27. The largest absolute Gasteiger partial charge is 0.455 e. The Bertz CT molecular complexity index is 829. The Morgan fingerprint density at radius 3 is 2.69 bits per heavy atom. The molecule has 1 saturated carbocycles. The summed E-state index contributed by atoms with van der Waals surface area (Å²) >= 11 is 6.14.